The first kappa shape index (κ1) is 23.5. The summed E-state index contributed by atoms with van der Waals surface area (Å²) in [6.45, 7) is 4.93. The summed E-state index contributed by atoms with van der Waals surface area (Å²) in [5, 5.41) is 6.04. The van der Waals surface area contributed by atoms with Crippen LogP contribution in [0.3, 0.4) is 0 Å². The summed E-state index contributed by atoms with van der Waals surface area (Å²) in [5.74, 6) is 0.247. The molecule has 0 saturated carbocycles. The lowest BCUT2D eigenvalue weighted by atomic mass is 10.0. The Morgan fingerprint density at radius 3 is 2.38 bits per heavy atom. The van der Waals surface area contributed by atoms with Gasteiger partial charge in [-0.25, -0.2) is 0 Å². The average molecular weight is 458 g/mol. The fourth-order valence-electron chi connectivity index (χ4n) is 4.29. The standard InChI is InChI=1S/C28H31N3O3/c1-20-6-5-7-21(18-20)19-31-16-14-23(15-17-31)29-28(33)25-8-3-4-9-26(25)30-27(32)22-10-12-24(34-2)13-11-22/h3-13,18,23H,14-17,19H2,1-2H3,(H,29,33)(H,30,32). The van der Waals surface area contributed by atoms with E-state index in [1.165, 1.54) is 11.1 Å². The molecule has 0 radical (unpaired) electrons. The number of piperidine rings is 1. The Morgan fingerprint density at radius 2 is 1.68 bits per heavy atom. The zero-order chi connectivity index (χ0) is 23.9. The summed E-state index contributed by atoms with van der Waals surface area (Å²) in [4.78, 5) is 28.2. The Labute approximate surface area is 200 Å². The number of likely N-dealkylation sites (tertiary alicyclic amines) is 1. The van der Waals surface area contributed by atoms with E-state index in [1.807, 2.05) is 12.1 Å². The van der Waals surface area contributed by atoms with Gasteiger partial charge >= 0.3 is 0 Å². The first-order valence-corrected chi connectivity index (χ1v) is 11.6. The Hall–Kier alpha value is -3.64. The number of carbonyl (C=O) groups is 2. The van der Waals surface area contributed by atoms with Gasteiger partial charge in [0, 0.05) is 31.2 Å². The van der Waals surface area contributed by atoms with Crippen LogP contribution in [0, 0.1) is 6.92 Å². The summed E-state index contributed by atoms with van der Waals surface area (Å²) >= 11 is 0. The Morgan fingerprint density at radius 1 is 0.941 bits per heavy atom. The van der Waals surface area contributed by atoms with E-state index in [0.717, 1.165) is 32.5 Å². The molecule has 6 heteroatoms. The van der Waals surface area contributed by atoms with E-state index in [4.69, 9.17) is 4.74 Å². The number of rotatable bonds is 7. The van der Waals surface area contributed by atoms with E-state index >= 15 is 0 Å². The second-order valence-corrected chi connectivity index (χ2v) is 8.74. The molecule has 0 atom stereocenters. The van der Waals surface area contributed by atoms with Crippen LogP contribution >= 0.6 is 0 Å². The van der Waals surface area contributed by atoms with Crippen LogP contribution in [0.2, 0.25) is 0 Å². The number of carbonyl (C=O) groups excluding carboxylic acids is 2. The average Bonchev–Trinajstić information content (AvgIpc) is 2.85. The number of hydrogen-bond acceptors (Lipinski definition) is 4. The molecular weight excluding hydrogens is 426 g/mol. The van der Waals surface area contributed by atoms with Crippen molar-refractivity contribution >= 4 is 17.5 Å². The van der Waals surface area contributed by atoms with Crippen LogP contribution in [0.15, 0.2) is 72.8 Å². The third kappa shape index (κ3) is 6.02. The number of nitrogens with one attached hydrogen (secondary N) is 2. The first-order valence-electron chi connectivity index (χ1n) is 11.6. The van der Waals surface area contributed by atoms with E-state index in [-0.39, 0.29) is 17.9 Å². The van der Waals surface area contributed by atoms with Crippen LogP contribution in [0.5, 0.6) is 5.75 Å². The lowest BCUT2D eigenvalue weighted by molar-refractivity contribution is 0.0910. The minimum absolute atomic E-state index is 0.117. The predicted molar refractivity (Wildman–Crippen MR) is 134 cm³/mol. The molecule has 6 nitrogen and oxygen atoms in total. The molecule has 1 saturated heterocycles. The van der Waals surface area contributed by atoms with Crippen molar-refractivity contribution < 1.29 is 14.3 Å². The molecule has 1 fully saturated rings. The van der Waals surface area contributed by atoms with Gasteiger partial charge in [0.25, 0.3) is 11.8 Å². The predicted octanol–water partition coefficient (Wildman–Crippen LogP) is 4.65. The molecule has 2 N–H and O–H groups in total. The minimum atomic E-state index is -0.271. The number of benzene rings is 3. The second-order valence-electron chi connectivity index (χ2n) is 8.74. The van der Waals surface area contributed by atoms with E-state index in [0.29, 0.717) is 22.6 Å². The summed E-state index contributed by atoms with van der Waals surface area (Å²) in [6, 6.07) is 22.7. The highest BCUT2D eigenvalue weighted by Gasteiger charge is 2.22. The SMILES string of the molecule is COc1ccc(C(=O)Nc2ccccc2C(=O)NC2CCN(Cc3cccc(C)c3)CC2)cc1. The molecule has 0 bridgehead atoms. The van der Waals surface area contributed by atoms with Crippen LogP contribution in [-0.4, -0.2) is 43.0 Å². The molecule has 3 aromatic carbocycles. The number of anilines is 1. The maximum absolute atomic E-state index is 13.1. The number of aryl methyl sites for hydroxylation is 1. The molecule has 2 amide bonds. The van der Waals surface area contributed by atoms with E-state index < -0.39 is 0 Å². The van der Waals surface area contributed by atoms with Crippen molar-refractivity contribution in [3.8, 4) is 5.75 Å². The highest BCUT2D eigenvalue weighted by atomic mass is 16.5. The van der Waals surface area contributed by atoms with Crippen molar-refractivity contribution in [3.63, 3.8) is 0 Å². The quantitative estimate of drug-likeness (QED) is 0.542. The van der Waals surface area contributed by atoms with Gasteiger partial charge in [-0.3, -0.25) is 14.5 Å². The van der Waals surface area contributed by atoms with Gasteiger partial charge in [-0.05, 0) is 61.7 Å². The van der Waals surface area contributed by atoms with Gasteiger partial charge in [-0.2, -0.15) is 0 Å². The molecule has 4 rings (SSSR count). The molecule has 0 aromatic heterocycles. The van der Waals surface area contributed by atoms with Gasteiger partial charge < -0.3 is 15.4 Å². The zero-order valence-electron chi connectivity index (χ0n) is 19.7. The minimum Gasteiger partial charge on any atom is -0.497 e. The molecule has 1 aliphatic rings. The van der Waals surface area contributed by atoms with E-state index in [2.05, 4.69) is 46.7 Å². The van der Waals surface area contributed by atoms with Gasteiger partial charge in [0.2, 0.25) is 0 Å². The highest BCUT2D eigenvalue weighted by molar-refractivity contribution is 6.09. The van der Waals surface area contributed by atoms with Gasteiger partial charge in [-0.1, -0.05) is 42.0 Å². The van der Waals surface area contributed by atoms with Crippen LogP contribution in [0.4, 0.5) is 5.69 Å². The van der Waals surface area contributed by atoms with Crippen molar-refractivity contribution in [1.29, 1.82) is 0 Å². The summed E-state index contributed by atoms with van der Waals surface area (Å²) in [5.41, 5.74) is 4.06. The molecule has 176 valence electrons. The molecule has 0 unspecified atom stereocenters. The largest absolute Gasteiger partial charge is 0.497 e. The molecule has 34 heavy (non-hydrogen) atoms. The van der Waals surface area contributed by atoms with Crippen LogP contribution < -0.4 is 15.4 Å². The summed E-state index contributed by atoms with van der Waals surface area (Å²) in [6.07, 6.45) is 1.80. The molecule has 0 aliphatic carbocycles. The highest BCUT2D eigenvalue weighted by Crippen LogP contribution is 2.20. The van der Waals surface area contributed by atoms with Gasteiger partial charge in [0.1, 0.15) is 5.75 Å². The smallest absolute Gasteiger partial charge is 0.255 e. The number of nitrogens with zero attached hydrogens (tertiary/aromatic N) is 1. The molecule has 1 aliphatic heterocycles. The number of methoxy groups -OCH3 is 1. The monoisotopic (exact) mass is 457 g/mol. The van der Waals surface area contributed by atoms with Crippen molar-refractivity contribution in [2.45, 2.75) is 32.4 Å². The topological polar surface area (TPSA) is 70.7 Å². The zero-order valence-corrected chi connectivity index (χ0v) is 19.7. The summed E-state index contributed by atoms with van der Waals surface area (Å²) < 4.78 is 5.14. The van der Waals surface area contributed by atoms with Crippen molar-refractivity contribution in [2.75, 3.05) is 25.5 Å². The number of para-hydroxylation sites is 1. The van der Waals surface area contributed by atoms with Gasteiger partial charge in [0.15, 0.2) is 0 Å². The number of amides is 2. The lowest BCUT2D eigenvalue weighted by Gasteiger charge is -2.32. The molecule has 0 spiro atoms. The maximum atomic E-state index is 13.1. The van der Waals surface area contributed by atoms with Crippen molar-refractivity contribution in [2.24, 2.45) is 0 Å². The van der Waals surface area contributed by atoms with Gasteiger partial charge in [0.05, 0.1) is 18.4 Å². The lowest BCUT2D eigenvalue weighted by Crippen LogP contribution is -2.44. The number of ether oxygens (including phenoxy) is 1. The Bertz CT molecular complexity index is 1140. The van der Waals surface area contributed by atoms with Crippen LogP contribution in [0.25, 0.3) is 0 Å². The molecule has 1 heterocycles. The second kappa shape index (κ2) is 11.0. The summed E-state index contributed by atoms with van der Waals surface area (Å²) in [7, 11) is 1.58. The molecule has 3 aromatic rings. The molecular formula is C28H31N3O3. The van der Waals surface area contributed by atoms with Crippen molar-refractivity contribution in [1.82, 2.24) is 10.2 Å². The Balaban J connectivity index is 1.33. The number of hydrogen-bond donors (Lipinski definition) is 2. The van der Waals surface area contributed by atoms with Crippen LogP contribution in [0.1, 0.15) is 44.7 Å². The fourth-order valence-corrected chi connectivity index (χ4v) is 4.29. The van der Waals surface area contributed by atoms with E-state index in [9.17, 15) is 9.59 Å². The Kier molecular flexibility index (Phi) is 7.60. The van der Waals surface area contributed by atoms with E-state index in [1.54, 1.807) is 43.5 Å². The van der Waals surface area contributed by atoms with Gasteiger partial charge in [-0.15, -0.1) is 0 Å². The van der Waals surface area contributed by atoms with Crippen LogP contribution in [-0.2, 0) is 6.54 Å². The normalized spacial score (nSPS) is 14.4. The first-order chi connectivity index (χ1) is 16.5. The third-order valence-electron chi connectivity index (χ3n) is 6.18. The maximum Gasteiger partial charge on any atom is 0.255 e. The third-order valence-corrected chi connectivity index (χ3v) is 6.18. The fraction of sp³-hybridized carbons (Fsp3) is 0.286. The van der Waals surface area contributed by atoms with Crippen molar-refractivity contribution in [3.05, 3.63) is 95.1 Å².